The third-order valence-electron chi connectivity index (χ3n) is 6.71. The zero-order chi connectivity index (χ0) is 20.6. The van der Waals surface area contributed by atoms with Crippen molar-refractivity contribution in [2.75, 3.05) is 26.2 Å². The molecule has 29 heavy (non-hydrogen) atoms. The number of nitrogens with one attached hydrogen (secondary N) is 1. The summed E-state index contributed by atoms with van der Waals surface area (Å²) in [5.41, 5.74) is -0.191. The number of carbonyl (C=O) groups excluding carboxylic acids is 3. The Labute approximate surface area is 172 Å². The number of imide groups is 1. The molecule has 3 heterocycles. The van der Waals surface area contributed by atoms with E-state index in [0.717, 1.165) is 25.9 Å². The van der Waals surface area contributed by atoms with Crippen molar-refractivity contribution >= 4 is 17.8 Å². The van der Waals surface area contributed by atoms with Crippen LogP contribution in [0, 0.1) is 0 Å². The standard InChI is InChI=1S/C22H30N4O3/c1-16(2)24-12-8-18(9-13-24)26-20(28)22(23-21(26)29)10-14-25(15-11-22)19(27)17-6-4-3-5-7-17/h3-7,16,18H,8-15H2,1-2H3,(H,23,29). The number of carbonyl (C=O) groups is 3. The Morgan fingerprint density at radius 2 is 1.66 bits per heavy atom. The fourth-order valence-corrected chi connectivity index (χ4v) is 4.83. The van der Waals surface area contributed by atoms with E-state index < -0.39 is 5.54 Å². The van der Waals surface area contributed by atoms with Crippen LogP contribution in [0.3, 0.4) is 0 Å². The average Bonchev–Trinajstić information content (AvgIpc) is 2.98. The van der Waals surface area contributed by atoms with E-state index in [1.165, 1.54) is 4.90 Å². The van der Waals surface area contributed by atoms with E-state index in [-0.39, 0.29) is 23.9 Å². The number of benzene rings is 1. The molecule has 3 fully saturated rings. The summed E-state index contributed by atoms with van der Waals surface area (Å²) in [5.74, 6) is -0.118. The van der Waals surface area contributed by atoms with Crippen LogP contribution in [0.1, 0.15) is 49.9 Å². The van der Waals surface area contributed by atoms with E-state index in [4.69, 9.17) is 0 Å². The van der Waals surface area contributed by atoms with E-state index in [9.17, 15) is 14.4 Å². The van der Waals surface area contributed by atoms with Gasteiger partial charge in [0.2, 0.25) is 0 Å². The lowest BCUT2D eigenvalue weighted by Gasteiger charge is -2.39. The molecule has 1 aromatic carbocycles. The summed E-state index contributed by atoms with van der Waals surface area (Å²) in [5, 5.41) is 2.99. The van der Waals surface area contributed by atoms with Gasteiger partial charge in [0, 0.05) is 43.8 Å². The number of hydrogen-bond donors (Lipinski definition) is 1. The largest absolute Gasteiger partial charge is 0.338 e. The maximum Gasteiger partial charge on any atom is 0.325 e. The molecule has 1 aromatic rings. The highest BCUT2D eigenvalue weighted by molar-refractivity contribution is 6.07. The van der Waals surface area contributed by atoms with Gasteiger partial charge in [0.15, 0.2) is 0 Å². The van der Waals surface area contributed by atoms with Crippen molar-refractivity contribution in [3.63, 3.8) is 0 Å². The van der Waals surface area contributed by atoms with Crippen LogP contribution >= 0.6 is 0 Å². The van der Waals surface area contributed by atoms with Gasteiger partial charge in [-0.2, -0.15) is 0 Å². The van der Waals surface area contributed by atoms with Crippen molar-refractivity contribution in [1.29, 1.82) is 0 Å². The minimum absolute atomic E-state index is 0.0184. The van der Waals surface area contributed by atoms with Crippen molar-refractivity contribution in [2.24, 2.45) is 0 Å². The molecule has 0 bridgehead atoms. The molecule has 0 unspecified atom stereocenters. The van der Waals surface area contributed by atoms with Gasteiger partial charge < -0.3 is 15.1 Å². The van der Waals surface area contributed by atoms with Gasteiger partial charge in [0.25, 0.3) is 11.8 Å². The monoisotopic (exact) mass is 398 g/mol. The van der Waals surface area contributed by atoms with Gasteiger partial charge in [-0.3, -0.25) is 14.5 Å². The third-order valence-corrected chi connectivity index (χ3v) is 6.71. The van der Waals surface area contributed by atoms with Crippen molar-refractivity contribution in [3.05, 3.63) is 35.9 Å². The maximum absolute atomic E-state index is 13.3. The molecule has 3 aliphatic heterocycles. The molecule has 1 N–H and O–H groups in total. The molecular formula is C22H30N4O3. The summed E-state index contributed by atoms with van der Waals surface area (Å²) in [4.78, 5) is 44.3. The summed E-state index contributed by atoms with van der Waals surface area (Å²) in [6.45, 7) is 7.11. The summed E-state index contributed by atoms with van der Waals surface area (Å²) in [6, 6.07) is 9.39. The molecule has 7 heteroatoms. The lowest BCUT2D eigenvalue weighted by Crippen LogP contribution is -2.56. The smallest absolute Gasteiger partial charge is 0.325 e. The number of likely N-dealkylation sites (tertiary alicyclic amines) is 2. The molecule has 3 aliphatic rings. The second-order valence-electron chi connectivity index (χ2n) is 8.71. The normalized spacial score (nSPS) is 23.1. The van der Waals surface area contributed by atoms with E-state index in [1.54, 1.807) is 17.0 Å². The number of amides is 4. The number of urea groups is 1. The van der Waals surface area contributed by atoms with Crippen molar-refractivity contribution in [3.8, 4) is 0 Å². The number of piperidine rings is 2. The Kier molecular flexibility index (Phi) is 5.34. The topological polar surface area (TPSA) is 73.0 Å². The quantitative estimate of drug-likeness (QED) is 0.792. The number of rotatable bonds is 3. The fraction of sp³-hybridized carbons (Fsp3) is 0.591. The minimum Gasteiger partial charge on any atom is -0.338 e. The molecule has 0 saturated carbocycles. The van der Waals surface area contributed by atoms with E-state index >= 15 is 0 Å². The molecule has 0 aromatic heterocycles. The van der Waals surface area contributed by atoms with Crippen molar-refractivity contribution in [1.82, 2.24) is 20.0 Å². The molecule has 156 valence electrons. The van der Waals surface area contributed by atoms with Gasteiger partial charge in [-0.1, -0.05) is 18.2 Å². The highest BCUT2D eigenvalue weighted by Crippen LogP contribution is 2.33. The Morgan fingerprint density at radius 3 is 2.24 bits per heavy atom. The number of nitrogens with zero attached hydrogens (tertiary/aromatic N) is 3. The Bertz CT molecular complexity index is 779. The Morgan fingerprint density at radius 1 is 1.03 bits per heavy atom. The molecule has 0 aliphatic carbocycles. The molecule has 7 nitrogen and oxygen atoms in total. The van der Waals surface area contributed by atoms with E-state index in [0.29, 0.717) is 37.5 Å². The summed E-state index contributed by atoms with van der Waals surface area (Å²) in [7, 11) is 0. The van der Waals surface area contributed by atoms with Crippen LogP contribution in [0.4, 0.5) is 4.79 Å². The zero-order valence-electron chi connectivity index (χ0n) is 17.3. The summed E-state index contributed by atoms with van der Waals surface area (Å²) >= 11 is 0. The van der Waals surface area contributed by atoms with Gasteiger partial charge in [-0.25, -0.2) is 4.79 Å². The van der Waals surface area contributed by atoms with Crippen LogP contribution in [0.25, 0.3) is 0 Å². The Hall–Kier alpha value is -2.41. The first-order valence-electron chi connectivity index (χ1n) is 10.7. The predicted molar refractivity (Wildman–Crippen MR) is 109 cm³/mol. The lowest BCUT2D eigenvalue weighted by atomic mass is 9.86. The first-order chi connectivity index (χ1) is 13.9. The minimum atomic E-state index is -0.847. The van der Waals surface area contributed by atoms with Crippen molar-refractivity contribution in [2.45, 2.75) is 57.2 Å². The summed E-state index contributed by atoms with van der Waals surface area (Å²) < 4.78 is 0. The Balaban J connectivity index is 1.40. The molecule has 0 atom stereocenters. The highest BCUT2D eigenvalue weighted by atomic mass is 16.2. The molecule has 3 saturated heterocycles. The zero-order valence-corrected chi connectivity index (χ0v) is 17.3. The van der Waals surface area contributed by atoms with Gasteiger partial charge in [-0.05, 0) is 51.7 Å². The molecule has 4 rings (SSSR count). The van der Waals surface area contributed by atoms with Crippen LogP contribution in [-0.4, -0.2) is 76.3 Å². The second kappa shape index (κ2) is 7.78. The molecule has 0 radical (unpaired) electrons. The molecule has 1 spiro atoms. The van der Waals surface area contributed by atoms with Crippen LogP contribution in [0.5, 0.6) is 0 Å². The maximum atomic E-state index is 13.3. The van der Waals surface area contributed by atoms with Gasteiger partial charge >= 0.3 is 6.03 Å². The predicted octanol–water partition coefficient (Wildman–Crippen LogP) is 2.09. The van der Waals surface area contributed by atoms with Gasteiger partial charge in [0.1, 0.15) is 5.54 Å². The van der Waals surface area contributed by atoms with Crippen LogP contribution in [0.2, 0.25) is 0 Å². The fourth-order valence-electron chi connectivity index (χ4n) is 4.83. The first kappa shape index (κ1) is 19.9. The first-order valence-corrected chi connectivity index (χ1v) is 10.7. The second-order valence-corrected chi connectivity index (χ2v) is 8.71. The van der Waals surface area contributed by atoms with E-state index in [2.05, 4.69) is 24.1 Å². The highest BCUT2D eigenvalue weighted by Gasteiger charge is 2.54. The summed E-state index contributed by atoms with van der Waals surface area (Å²) in [6.07, 6.45) is 2.59. The van der Waals surface area contributed by atoms with Crippen molar-refractivity contribution < 1.29 is 14.4 Å². The lowest BCUT2D eigenvalue weighted by molar-refractivity contribution is -0.135. The van der Waals surface area contributed by atoms with Crippen LogP contribution < -0.4 is 5.32 Å². The average molecular weight is 399 g/mol. The van der Waals surface area contributed by atoms with Gasteiger partial charge in [0.05, 0.1) is 0 Å². The number of hydrogen-bond acceptors (Lipinski definition) is 4. The van der Waals surface area contributed by atoms with Crippen LogP contribution in [0.15, 0.2) is 30.3 Å². The van der Waals surface area contributed by atoms with Gasteiger partial charge in [-0.15, -0.1) is 0 Å². The SMILES string of the molecule is CC(C)N1CCC(N2C(=O)NC3(CCN(C(=O)c4ccccc4)CC3)C2=O)CC1. The molecule has 4 amide bonds. The van der Waals surface area contributed by atoms with Crippen LogP contribution in [-0.2, 0) is 4.79 Å². The molecular weight excluding hydrogens is 368 g/mol. The third kappa shape index (κ3) is 3.64. The van der Waals surface area contributed by atoms with E-state index in [1.807, 2.05) is 18.2 Å².